The van der Waals surface area contributed by atoms with Gasteiger partial charge in [0.05, 0.1) is 19.8 Å². The van der Waals surface area contributed by atoms with Crippen LogP contribution in [0.4, 0.5) is 20.7 Å². The fourth-order valence-corrected chi connectivity index (χ4v) is 4.52. The first-order valence-corrected chi connectivity index (χ1v) is 11.2. The molecule has 0 aliphatic carbocycles. The van der Waals surface area contributed by atoms with Crippen LogP contribution in [0.15, 0.2) is 23.1 Å². The molecule has 2 aromatic rings. The molecule has 0 radical (unpaired) electrons. The number of rotatable bonds is 6. The van der Waals surface area contributed by atoms with Gasteiger partial charge >= 0.3 is 0 Å². The third kappa shape index (κ3) is 4.50. The zero-order valence-corrected chi connectivity index (χ0v) is 17.0. The SMILES string of the molecule is O=S(=O)(NCc1nc(N2CCCC2)nc(N2CCOCC2)n1)c1c(F)cccc1F. The third-order valence-corrected chi connectivity index (χ3v) is 6.40. The summed E-state index contributed by atoms with van der Waals surface area (Å²) >= 11 is 0. The van der Waals surface area contributed by atoms with Crippen LogP contribution in [0.2, 0.25) is 0 Å². The third-order valence-electron chi connectivity index (χ3n) is 4.95. The molecule has 1 N–H and O–H groups in total. The molecule has 2 fully saturated rings. The number of nitrogens with one attached hydrogen (secondary N) is 1. The molecule has 0 spiro atoms. The van der Waals surface area contributed by atoms with Crippen LogP contribution in [0.1, 0.15) is 18.7 Å². The predicted molar refractivity (Wildman–Crippen MR) is 105 cm³/mol. The molecule has 0 unspecified atom stereocenters. The molecule has 9 nitrogen and oxygen atoms in total. The predicted octanol–water partition coefficient (Wildman–Crippen LogP) is 1.07. The summed E-state index contributed by atoms with van der Waals surface area (Å²) in [5.41, 5.74) is 0. The van der Waals surface area contributed by atoms with E-state index >= 15 is 0 Å². The van der Waals surface area contributed by atoms with E-state index in [1.807, 2.05) is 9.80 Å². The monoisotopic (exact) mass is 440 g/mol. The summed E-state index contributed by atoms with van der Waals surface area (Å²) in [4.78, 5) is 16.2. The maximum atomic E-state index is 13.9. The number of anilines is 2. The smallest absolute Gasteiger partial charge is 0.246 e. The molecule has 0 saturated carbocycles. The van der Waals surface area contributed by atoms with Gasteiger partial charge in [-0.25, -0.2) is 21.9 Å². The van der Waals surface area contributed by atoms with E-state index in [9.17, 15) is 17.2 Å². The van der Waals surface area contributed by atoms with E-state index in [0.717, 1.165) is 44.1 Å². The van der Waals surface area contributed by atoms with E-state index in [-0.39, 0.29) is 12.4 Å². The fourth-order valence-electron chi connectivity index (χ4n) is 3.41. The summed E-state index contributed by atoms with van der Waals surface area (Å²) in [5, 5.41) is 0. The molecular weight excluding hydrogens is 418 g/mol. The van der Waals surface area contributed by atoms with Crippen molar-refractivity contribution in [2.24, 2.45) is 0 Å². The number of sulfonamides is 1. The van der Waals surface area contributed by atoms with Crippen LogP contribution in [-0.2, 0) is 21.3 Å². The Morgan fingerprint density at radius 3 is 2.10 bits per heavy atom. The van der Waals surface area contributed by atoms with E-state index in [4.69, 9.17) is 4.74 Å². The summed E-state index contributed by atoms with van der Waals surface area (Å²) in [6.45, 7) is 3.58. The van der Waals surface area contributed by atoms with Crippen molar-refractivity contribution < 1.29 is 21.9 Å². The van der Waals surface area contributed by atoms with Gasteiger partial charge in [0.25, 0.3) is 0 Å². The van der Waals surface area contributed by atoms with Crippen molar-refractivity contribution in [3.05, 3.63) is 35.7 Å². The molecule has 4 rings (SSSR count). The lowest BCUT2D eigenvalue weighted by Gasteiger charge is -2.28. The Balaban J connectivity index is 1.60. The van der Waals surface area contributed by atoms with Gasteiger partial charge in [-0.3, -0.25) is 0 Å². The van der Waals surface area contributed by atoms with Gasteiger partial charge in [0.1, 0.15) is 11.6 Å². The van der Waals surface area contributed by atoms with Crippen LogP contribution in [0.5, 0.6) is 0 Å². The minimum absolute atomic E-state index is 0.175. The van der Waals surface area contributed by atoms with Gasteiger partial charge in [-0.05, 0) is 25.0 Å². The molecule has 3 heterocycles. The number of hydrogen-bond donors (Lipinski definition) is 1. The lowest BCUT2D eigenvalue weighted by molar-refractivity contribution is 0.122. The molecule has 0 bridgehead atoms. The van der Waals surface area contributed by atoms with E-state index < -0.39 is 26.6 Å². The number of ether oxygens (including phenoxy) is 1. The Bertz CT molecular complexity index is 991. The second kappa shape index (κ2) is 8.74. The van der Waals surface area contributed by atoms with Crippen LogP contribution in [-0.4, -0.2) is 62.8 Å². The lowest BCUT2D eigenvalue weighted by atomic mass is 10.3. The van der Waals surface area contributed by atoms with Crippen molar-refractivity contribution in [3.8, 4) is 0 Å². The average Bonchev–Trinajstić information content (AvgIpc) is 3.28. The Labute approximate surface area is 173 Å². The standard InChI is InChI=1S/C18H22F2N6O3S/c19-13-4-3-5-14(20)16(13)30(27,28)21-12-15-22-17(25-6-1-2-7-25)24-18(23-15)26-8-10-29-11-9-26/h3-5,21H,1-2,6-12H2. The van der Waals surface area contributed by atoms with Crippen molar-refractivity contribution in [2.45, 2.75) is 24.3 Å². The molecular formula is C18H22F2N6O3S. The van der Waals surface area contributed by atoms with Crippen molar-refractivity contribution in [2.75, 3.05) is 49.2 Å². The molecule has 1 aromatic heterocycles. The normalized spacial score (nSPS) is 17.5. The minimum atomic E-state index is -4.44. The molecule has 2 aliphatic heterocycles. The second-order valence-electron chi connectivity index (χ2n) is 7.02. The molecule has 2 saturated heterocycles. The number of hydrogen-bond acceptors (Lipinski definition) is 8. The Hall–Kier alpha value is -2.44. The Morgan fingerprint density at radius 2 is 1.50 bits per heavy atom. The van der Waals surface area contributed by atoms with Gasteiger partial charge < -0.3 is 14.5 Å². The first kappa shape index (κ1) is 20.8. The summed E-state index contributed by atoms with van der Waals surface area (Å²) in [5.74, 6) is -1.25. The van der Waals surface area contributed by atoms with Crippen LogP contribution in [0.25, 0.3) is 0 Å². The van der Waals surface area contributed by atoms with Crippen molar-refractivity contribution in [1.29, 1.82) is 0 Å². The highest BCUT2D eigenvalue weighted by Crippen LogP contribution is 2.21. The number of morpholine rings is 1. The van der Waals surface area contributed by atoms with Crippen molar-refractivity contribution in [3.63, 3.8) is 0 Å². The van der Waals surface area contributed by atoms with E-state index in [2.05, 4.69) is 19.7 Å². The highest BCUT2D eigenvalue weighted by molar-refractivity contribution is 7.89. The minimum Gasteiger partial charge on any atom is -0.378 e. The van der Waals surface area contributed by atoms with Crippen molar-refractivity contribution in [1.82, 2.24) is 19.7 Å². The number of aromatic nitrogens is 3. The molecule has 0 atom stereocenters. The first-order chi connectivity index (χ1) is 14.4. The Morgan fingerprint density at radius 1 is 0.933 bits per heavy atom. The van der Waals surface area contributed by atoms with Crippen LogP contribution in [0.3, 0.4) is 0 Å². The highest BCUT2D eigenvalue weighted by atomic mass is 32.2. The quantitative estimate of drug-likeness (QED) is 0.712. The summed E-state index contributed by atoms with van der Waals surface area (Å²) in [6.07, 6.45) is 2.04. The molecule has 0 amide bonds. The molecule has 30 heavy (non-hydrogen) atoms. The molecule has 12 heteroatoms. The van der Waals surface area contributed by atoms with E-state index in [0.29, 0.717) is 38.2 Å². The summed E-state index contributed by atoms with van der Waals surface area (Å²) < 4.78 is 60.4. The van der Waals surface area contributed by atoms with Crippen molar-refractivity contribution >= 4 is 21.9 Å². The number of halogens is 2. The Kier molecular flexibility index (Phi) is 6.06. The van der Waals surface area contributed by atoms with E-state index in [1.54, 1.807) is 0 Å². The summed E-state index contributed by atoms with van der Waals surface area (Å²) in [7, 11) is -4.44. The average molecular weight is 440 g/mol. The zero-order valence-electron chi connectivity index (χ0n) is 16.2. The second-order valence-corrected chi connectivity index (χ2v) is 8.72. The van der Waals surface area contributed by atoms with Gasteiger partial charge in [0, 0.05) is 26.2 Å². The number of benzene rings is 1. The van der Waals surface area contributed by atoms with Gasteiger partial charge in [-0.2, -0.15) is 15.0 Å². The topological polar surface area (TPSA) is 101 Å². The van der Waals surface area contributed by atoms with Gasteiger partial charge in [-0.1, -0.05) is 6.07 Å². The molecule has 2 aliphatic rings. The number of nitrogens with zero attached hydrogens (tertiary/aromatic N) is 5. The molecule has 162 valence electrons. The van der Waals surface area contributed by atoms with Crippen LogP contribution >= 0.6 is 0 Å². The molecule has 1 aromatic carbocycles. The highest BCUT2D eigenvalue weighted by Gasteiger charge is 2.25. The van der Waals surface area contributed by atoms with Crippen LogP contribution < -0.4 is 14.5 Å². The first-order valence-electron chi connectivity index (χ1n) is 9.70. The lowest BCUT2D eigenvalue weighted by Crippen LogP contribution is -2.38. The summed E-state index contributed by atoms with van der Waals surface area (Å²) in [6, 6.07) is 2.89. The maximum absolute atomic E-state index is 13.9. The fraction of sp³-hybridized carbons (Fsp3) is 0.500. The largest absolute Gasteiger partial charge is 0.378 e. The van der Waals surface area contributed by atoms with Gasteiger partial charge in [-0.15, -0.1) is 0 Å². The van der Waals surface area contributed by atoms with Gasteiger partial charge in [0.15, 0.2) is 10.7 Å². The maximum Gasteiger partial charge on any atom is 0.246 e. The van der Waals surface area contributed by atoms with E-state index in [1.165, 1.54) is 0 Å². The van der Waals surface area contributed by atoms with Crippen LogP contribution in [0, 0.1) is 11.6 Å². The zero-order chi connectivity index (χ0) is 21.1. The van der Waals surface area contributed by atoms with Gasteiger partial charge in [0.2, 0.25) is 21.9 Å².